The first-order valence-corrected chi connectivity index (χ1v) is 11.8. The second-order valence-corrected chi connectivity index (χ2v) is 8.60. The van der Waals surface area contributed by atoms with Gasteiger partial charge in [0, 0.05) is 30.3 Å². The number of methoxy groups -OCH3 is 1. The Morgan fingerprint density at radius 1 is 0.972 bits per heavy atom. The van der Waals surface area contributed by atoms with Gasteiger partial charge in [0.25, 0.3) is 5.56 Å². The summed E-state index contributed by atoms with van der Waals surface area (Å²) < 4.78 is 5.44. The highest BCUT2D eigenvalue weighted by molar-refractivity contribution is 5.96. The molecule has 2 aromatic heterocycles. The standard InChI is InChI=1S/C27H26N6O3/c1-36-24-11-5-3-9-20(24)23-12-14-25(31-29-23)33-16-6-7-18(17-33)27(35)28-21-10-4-2-8-19(21)22-13-15-26(34)32-30-22/h2-5,8-15,18H,6-7,16-17H2,1H3,(H,28,35)(H,32,34)/t18-/m0/s1. The average molecular weight is 483 g/mol. The summed E-state index contributed by atoms with van der Waals surface area (Å²) in [5.41, 5.74) is 3.32. The predicted octanol–water partition coefficient (Wildman–Crippen LogP) is 3.76. The van der Waals surface area contributed by atoms with Crippen LogP contribution in [0.5, 0.6) is 5.75 Å². The second kappa shape index (κ2) is 10.4. The van der Waals surface area contributed by atoms with Crippen LogP contribution in [0.3, 0.4) is 0 Å². The number of para-hydroxylation sites is 2. The number of piperidine rings is 1. The van der Waals surface area contributed by atoms with Gasteiger partial charge in [-0.15, -0.1) is 10.2 Å². The number of ether oxygens (including phenoxy) is 1. The van der Waals surface area contributed by atoms with E-state index in [1.807, 2.05) is 60.7 Å². The first-order valence-electron chi connectivity index (χ1n) is 11.8. The molecule has 2 aromatic carbocycles. The number of aromatic nitrogens is 4. The van der Waals surface area contributed by atoms with Crippen molar-refractivity contribution in [1.82, 2.24) is 20.4 Å². The summed E-state index contributed by atoms with van der Waals surface area (Å²) in [7, 11) is 1.63. The van der Waals surface area contributed by atoms with Crippen molar-refractivity contribution < 1.29 is 9.53 Å². The molecule has 0 aliphatic carbocycles. The van der Waals surface area contributed by atoms with Gasteiger partial charge in [0.1, 0.15) is 5.75 Å². The Morgan fingerprint density at radius 2 is 1.75 bits per heavy atom. The highest BCUT2D eigenvalue weighted by atomic mass is 16.5. The molecule has 0 radical (unpaired) electrons. The Balaban J connectivity index is 1.29. The van der Waals surface area contributed by atoms with E-state index in [-0.39, 0.29) is 17.4 Å². The van der Waals surface area contributed by atoms with Crippen molar-refractivity contribution in [3.8, 4) is 28.3 Å². The molecule has 3 heterocycles. The minimum absolute atomic E-state index is 0.0600. The quantitative estimate of drug-likeness (QED) is 0.430. The minimum atomic E-state index is -0.276. The van der Waals surface area contributed by atoms with Crippen LogP contribution in [0.2, 0.25) is 0 Å². The second-order valence-electron chi connectivity index (χ2n) is 8.60. The molecular formula is C27H26N6O3. The molecule has 0 bridgehead atoms. The lowest BCUT2D eigenvalue weighted by Crippen LogP contribution is -2.41. The fourth-order valence-electron chi connectivity index (χ4n) is 4.44. The number of nitrogens with zero attached hydrogens (tertiary/aromatic N) is 4. The number of nitrogens with one attached hydrogen (secondary N) is 2. The number of carbonyl (C=O) groups excluding carboxylic acids is 1. The van der Waals surface area contributed by atoms with E-state index in [0.29, 0.717) is 17.9 Å². The molecule has 5 rings (SSSR count). The first kappa shape index (κ1) is 23.2. The van der Waals surface area contributed by atoms with E-state index >= 15 is 0 Å². The Bertz CT molecular complexity index is 1400. The zero-order chi connectivity index (χ0) is 24.9. The number of hydrogen-bond donors (Lipinski definition) is 2. The van der Waals surface area contributed by atoms with Crippen molar-refractivity contribution in [2.24, 2.45) is 5.92 Å². The molecule has 1 amide bonds. The number of anilines is 2. The van der Waals surface area contributed by atoms with Crippen molar-refractivity contribution in [3.05, 3.63) is 83.2 Å². The molecular weight excluding hydrogens is 456 g/mol. The molecule has 9 heteroatoms. The molecule has 182 valence electrons. The van der Waals surface area contributed by atoms with Gasteiger partial charge in [-0.25, -0.2) is 5.10 Å². The lowest BCUT2D eigenvalue weighted by Gasteiger charge is -2.32. The monoisotopic (exact) mass is 482 g/mol. The summed E-state index contributed by atoms with van der Waals surface area (Å²) in [5, 5.41) is 18.5. The van der Waals surface area contributed by atoms with Gasteiger partial charge < -0.3 is 15.0 Å². The van der Waals surface area contributed by atoms with E-state index in [4.69, 9.17) is 4.74 Å². The summed E-state index contributed by atoms with van der Waals surface area (Å²) >= 11 is 0. The van der Waals surface area contributed by atoms with Gasteiger partial charge in [0.15, 0.2) is 5.82 Å². The maximum atomic E-state index is 13.2. The molecule has 1 aliphatic heterocycles. The Kier molecular flexibility index (Phi) is 6.70. The topological polar surface area (TPSA) is 113 Å². The highest BCUT2D eigenvalue weighted by Gasteiger charge is 2.27. The zero-order valence-corrected chi connectivity index (χ0v) is 19.8. The lowest BCUT2D eigenvalue weighted by atomic mass is 9.96. The molecule has 1 fully saturated rings. The van der Waals surface area contributed by atoms with Gasteiger partial charge in [-0.3, -0.25) is 9.59 Å². The van der Waals surface area contributed by atoms with E-state index < -0.39 is 0 Å². The van der Waals surface area contributed by atoms with Crippen LogP contribution in [0.4, 0.5) is 11.5 Å². The average Bonchev–Trinajstić information content (AvgIpc) is 2.94. The largest absolute Gasteiger partial charge is 0.496 e. The zero-order valence-electron chi connectivity index (χ0n) is 19.8. The Labute approximate surface area is 208 Å². The van der Waals surface area contributed by atoms with Crippen LogP contribution in [0.15, 0.2) is 77.6 Å². The van der Waals surface area contributed by atoms with Crippen LogP contribution in [-0.2, 0) is 4.79 Å². The van der Waals surface area contributed by atoms with E-state index in [1.165, 1.54) is 6.07 Å². The van der Waals surface area contributed by atoms with Crippen LogP contribution in [0.25, 0.3) is 22.5 Å². The number of hydrogen-bond acceptors (Lipinski definition) is 7. The molecule has 1 atom stereocenters. The number of rotatable bonds is 6. The SMILES string of the molecule is COc1ccccc1-c1ccc(N2CCC[C@H](C(=O)Nc3ccccc3-c3ccc(=O)[nH]n3)C2)nn1. The molecule has 0 unspecified atom stereocenters. The van der Waals surface area contributed by atoms with E-state index in [2.05, 4.69) is 30.6 Å². The molecule has 36 heavy (non-hydrogen) atoms. The summed E-state index contributed by atoms with van der Waals surface area (Å²) in [6, 6.07) is 22.0. The van der Waals surface area contributed by atoms with Crippen molar-refractivity contribution in [1.29, 1.82) is 0 Å². The molecule has 0 saturated carbocycles. The first-order chi connectivity index (χ1) is 17.6. The van der Waals surface area contributed by atoms with Gasteiger partial charge in [-0.1, -0.05) is 30.3 Å². The molecule has 0 spiro atoms. The van der Waals surface area contributed by atoms with Crippen LogP contribution >= 0.6 is 0 Å². The molecule has 1 saturated heterocycles. The van der Waals surface area contributed by atoms with E-state index in [1.54, 1.807) is 13.2 Å². The summed E-state index contributed by atoms with van der Waals surface area (Å²) in [6.07, 6.45) is 1.66. The highest BCUT2D eigenvalue weighted by Crippen LogP contribution is 2.30. The van der Waals surface area contributed by atoms with Gasteiger partial charge in [0.2, 0.25) is 5.91 Å². The third-order valence-electron chi connectivity index (χ3n) is 6.29. The summed E-state index contributed by atoms with van der Waals surface area (Å²) in [4.78, 5) is 26.7. The summed E-state index contributed by atoms with van der Waals surface area (Å²) in [6.45, 7) is 1.36. The Hall–Kier alpha value is -4.53. The summed E-state index contributed by atoms with van der Waals surface area (Å²) in [5.74, 6) is 1.22. The van der Waals surface area contributed by atoms with Gasteiger partial charge in [-0.2, -0.15) is 5.10 Å². The van der Waals surface area contributed by atoms with Crippen molar-refractivity contribution in [2.75, 3.05) is 30.4 Å². The fourth-order valence-corrected chi connectivity index (χ4v) is 4.44. The maximum Gasteiger partial charge on any atom is 0.264 e. The van der Waals surface area contributed by atoms with Gasteiger partial charge in [-0.05, 0) is 49.2 Å². The normalized spacial score (nSPS) is 15.4. The number of H-pyrrole nitrogens is 1. The fraction of sp³-hybridized carbons (Fsp3) is 0.222. The molecule has 2 N–H and O–H groups in total. The number of aromatic amines is 1. The van der Waals surface area contributed by atoms with Gasteiger partial charge >= 0.3 is 0 Å². The smallest absolute Gasteiger partial charge is 0.264 e. The number of amides is 1. The predicted molar refractivity (Wildman–Crippen MR) is 138 cm³/mol. The maximum absolute atomic E-state index is 13.2. The van der Waals surface area contributed by atoms with Crippen LogP contribution in [-0.4, -0.2) is 46.5 Å². The van der Waals surface area contributed by atoms with Crippen LogP contribution in [0, 0.1) is 5.92 Å². The van der Waals surface area contributed by atoms with Gasteiger partial charge in [0.05, 0.1) is 30.1 Å². The third-order valence-corrected chi connectivity index (χ3v) is 6.29. The van der Waals surface area contributed by atoms with Crippen LogP contribution < -0.4 is 20.5 Å². The van der Waals surface area contributed by atoms with E-state index in [9.17, 15) is 9.59 Å². The van der Waals surface area contributed by atoms with Crippen LogP contribution in [0.1, 0.15) is 12.8 Å². The minimum Gasteiger partial charge on any atom is -0.496 e. The lowest BCUT2D eigenvalue weighted by molar-refractivity contribution is -0.120. The number of benzene rings is 2. The Morgan fingerprint density at radius 3 is 2.50 bits per heavy atom. The molecule has 9 nitrogen and oxygen atoms in total. The van der Waals surface area contributed by atoms with Crippen molar-refractivity contribution in [3.63, 3.8) is 0 Å². The third kappa shape index (κ3) is 4.95. The van der Waals surface area contributed by atoms with E-state index in [0.717, 1.165) is 47.8 Å². The van der Waals surface area contributed by atoms with Crippen molar-refractivity contribution in [2.45, 2.75) is 12.8 Å². The molecule has 1 aliphatic rings. The van der Waals surface area contributed by atoms with Crippen molar-refractivity contribution >= 4 is 17.4 Å². The molecule has 4 aromatic rings. The number of carbonyl (C=O) groups is 1.